The molecule has 6 nitrogen and oxygen atoms in total. The van der Waals surface area contributed by atoms with Crippen molar-refractivity contribution in [3.05, 3.63) is 59.7 Å². The summed E-state index contributed by atoms with van der Waals surface area (Å²) in [5.41, 5.74) is 1.43. The maximum absolute atomic E-state index is 13.6. The zero-order valence-corrected chi connectivity index (χ0v) is 16.3. The van der Waals surface area contributed by atoms with Gasteiger partial charge in [0.05, 0.1) is 16.9 Å². The van der Waals surface area contributed by atoms with E-state index in [0.29, 0.717) is 6.07 Å². The fourth-order valence-electron chi connectivity index (χ4n) is 3.17. The molecule has 2 aromatic rings. The quantitative estimate of drug-likeness (QED) is 0.779. The number of nitrogens with one attached hydrogen (secondary N) is 2. The van der Waals surface area contributed by atoms with Gasteiger partial charge < -0.3 is 20.4 Å². The van der Waals surface area contributed by atoms with Crippen LogP contribution >= 0.6 is 0 Å². The van der Waals surface area contributed by atoms with E-state index in [4.69, 9.17) is 0 Å². The number of piperazine rings is 1. The molecule has 1 fully saturated rings. The molecule has 0 aliphatic carbocycles. The fraction of sp³-hybridized carbons (Fsp3) is 0.333. The maximum atomic E-state index is 13.6. The molecule has 3 rings (SSSR count). The third-order valence-electron chi connectivity index (χ3n) is 4.84. The summed E-state index contributed by atoms with van der Waals surface area (Å²) in [5, 5.41) is 5.36. The second kappa shape index (κ2) is 9.47. The Balaban J connectivity index is 1.53. The first-order chi connectivity index (χ1) is 13.9. The van der Waals surface area contributed by atoms with E-state index in [-0.39, 0.29) is 24.4 Å². The zero-order chi connectivity index (χ0) is 20.8. The van der Waals surface area contributed by atoms with Crippen molar-refractivity contribution in [1.82, 2.24) is 10.2 Å². The van der Waals surface area contributed by atoms with Crippen LogP contribution in [0.15, 0.2) is 42.5 Å². The number of halogens is 2. The number of rotatable bonds is 6. The number of carbonyl (C=O) groups is 2. The number of hydrogen-bond donors (Lipinski definition) is 2. The molecule has 0 spiro atoms. The Bertz CT molecular complexity index is 883. The highest BCUT2D eigenvalue weighted by atomic mass is 19.1. The first-order valence-electron chi connectivity index (χ1n) is 9.49. The topological polar surface area (TPSA) is 64.7 Å². The van der Waals surface area contributed by atoms with Crippen LogP contribution < -0.4 is 15.5 Å². The average molecular weight is 402 g/mol. The number of anilines is 2. The maximum Gasteiger partial charge on any atom is 0.254 e. The molecule has 154 valence electrons. The lowest BCUT2D eigenvalue weighted by Crippen LogP contribution is -2.44. The van der Waals surface area contributed by atoms with Crippen LogP contribution in [-0.4, -0.2) is 56.5 Å². The van der Waals surface area contributed by atoms with Gasteiger partial charge in [-0.3, -0.25) is 9.59 Å². The number of nitrogens with zero attached hydrogens (tertiary/aromatic N) is 2. The van der Waals surface area contributed by atoms with Crippen molar-refractivity contribution in [2.45, 2.75) is 6.42 Å². The smallest absolute Gasteiger partial charge is 0.254 e. The summed E-state index contributed by atoms with van der Waals surface area (Å²) < 4.78 is 26.6. The molecule has 0 radical (unpaired) electrons. The van der Waals surface area contributed by atoms with E-state index in [1.165, 1.54) is 0 Å². The highest BCUT2D eigenvalue weighted by molar-refractivity contribution is 5.96. The summed E-state index contributed by atoms with van der Waals surface area (Å²) in [7, 11) is 2.08. The van der Waals surface area contributed by atoms with Gasteiger partial charge in [0.15, 0.2) is 0 Å². The SMILES string of the molecule is CN1CCN(c2ccccc2NC(=O)CCNC(=O)c2ccc(F)cc2F)CC1. The number of para-hydroxylation sites is 2. The number of benzene rings is 2. The number of hydrogen-bond acceptors (Lipinski definition) is 4. The molecule has 8 heteroatoms. The molecular weight excluding hydrogens is 378 g/mol. The highest BCUT2D eigenvalue weighted by Gasteiger charge is 2.18. The molecule has 1 heterocycles. The molecule has 2 amide bonds. The third-order valence-corrected chi connectivity index (χ3v) is 4.84. The first-order valence-corrected chi connectivity index (χ1v) is 9.49. The molecule has 0 atom stereocenters. The van der Waals surface area contributed by atoms with Crippen molar-refractivity contribution in [2.24, 2.45) is 0 Å². The van der Waals surface area contributed by atoms with Gasteiger partial charge in [0.1, 0.15) is 11.6 Å². The monoisotopic (exact) mass is 402 g/mol. The van der Waals surface area contributed by atoms with Gasteiger partial charge in [-0.05, 0) is 31.3 Å². The Kier molecular flexibility index (Phi) is 6.77. The fourth-order valence-corrected chi connectivity index (χ4v) is 3.17. The standard InChI is InChI=1S/C21H24F2N4O2/c1-26-10-12-27(13-11-26)19-5-3-2-4-18(19)25-20(28)8-9-24-21(29)16-7-6-15(22)14-17(16)23/h2-7,14H,8-13H2,1H3,(H,24,29)(H,25,28). The number of amides is 2. The summed E-state index contributed by atoms with van der Waals surface area (Å²) in [4.78, 5) is 28.8. The molecule has 1 saturated heterocycles. The Morgan fingerprint density at radius 2 is 1.76 bits per heavy atom. The summed E-state index contributed by atoms with van der Waals surface area (Å²) in [5.74, 6) is -2.63. The van der Waals surface area contributed by atoms with Gasteiger partial charge in [-0.1, -0.05) is 12.1 Å². The van der Waals surface area contributed by atoms with Crippen molar-refractivity contribution in [3.63, 3.8) is 0 Å². The predicted octanol–water partition coefficient (Wildman–Crippen LogP) is 2.48. The van der Waals surface area contributed by atoms with Gasteiger partial charge in [-0.25, -0.2) is 8.78 Å². The number of likely N-dealkylation sites (N-methyl/N-ethyl adjacent to an activating group) is 1. The van der Waals surface area contributed by atoms with Crippen molar-refractivity contribution < 1.29 is 18.4 Å². The van der Waals surface area contributed by atoms with E-state index in [2.05, 4.69) is 27.5 Å². The van der Waals surface area contributed by atoms with Gasteiger partial charge in [-0.2, -0.15) is 0 Å². The van der Waals surface area contributed by atoms with E-state index >= 15 is 0 Å². The molecule has 0 saturated carbocycles. The van der Waals surface area contributed by atoms with Crippen molar-refractivity contribution >= 4 is 23.2 Å². The summed E-state index contributed by atoms with van der Waals surface area (Å²) in [6, 6.07) is 10.3. The zero-order valence-electron chi connectivity index (χ0n) is 16.3. The molecule has 0 aromatic heterocycles. The number of carbonyl (C=O) groups excluding carboxylic acids is 2. The van der Waals surface area contributed by atoms with Crippen LogP contribution in [-0.2, 0) is 4.79 Å². The first kappa shape index (κ1) is 20.7. The van der Waals surface area contributed by atoms with Crippen LogP contribution in [0.3, 0.4) is 0 Å². The second-order valence-electron chi connectivity index (χ2n) is 6.99. The van der Waals surface area contributed by atoms with Crippen LogP contribution in [0.5, 0.6) is 0 Å². The lowest BCUT2D eigenvalue weighted by Gasteiger charge is -2.35. The molecule has 0 unspecified atom stereocenters. The molecule has 1 aliphatic heterocycles. The molecule has 29 heavy (non-hydrogen) atoms. The van der Waals surface area contributed by atoms with E-state index < -0.39 is 17.5 Å². The van der Waals surface area contributed by atoms with Crippen molar-refractivity contribution in [2.75, 3.05) is 50.0 Å². The van der Waals surface area contributed by atoms with E-state index in [1.54, 1.807) is 0 Å². The van der Waals surface area contributed by atoms with E-state index in [9.17, 15) is 18.4 Å². The Morgan fingerprint density at radius 1 is 1.03 bits per heavy atom. The summed E-state index contributed by atoms with van der Waals surface area (Å²) >= 11 is 0. The predicted molar refractivity (Wildman–Crippen MR) is 108 cm³/mol. The van der Waals surface area contributed by atoms with Gasteiger partial charge in [0.2, 0.25) is 5.91 Å². The van der Waals surface area contributed by atoms with Crippen LogP contribution in [0.25, 0.3) is 0 Å². The van der Waals surface area contributed by atoms with Crippen LogP contribution in [0.2, 0.25) is 0 Å². The highest BCUT2D eigenvalue weighted by Crippen LogP contribution is 2.26. The third kappa shape index (κ3) is 5.51. The minimum absolute atomic E-state index is 0.0334. The van der Waals surface area contributed by atoms with Crippen LogP contribution in [0.1, 0.15) is 16.8 Å². The molecule has 0 bridgehead atoms. The molecule has 1 aliphatic rings. The summed E-state index contributed by atoms with van der Waals surface area (Å²) in [6.07, 6.45) is 0.0334. The Hall–Kier alpha value is -3.00. The van der Waals surface area contributed by atoms with Gasteiger partial charge in [0.25, 0.3) is 5.91 Å². The van der Waals surface area contributed by atoms with Crippen LogP contribution in [0.4, 0.5) is 20.2 Å². The largest absolute Gasteiger partial charge is 0.367 e. The van der Waals surface area contributed by atoms with Gasteiger partial charge in [-0.15, -0.1) is 0 Å². The normalized spacial score (nSPS) is 14.5. The molecule has 2 N–H and O–H groups in total. The summed E-state index contributed by atoms with van der Waals surface area (Å²) in [6.45, 7) is 3.70. The Morgan fingerprint density at radius 3 is 2.48 bits per heavy atom. The van der Waals surface area contributed by atoms with Crippen molar-refractivity contribution in [1.29, 1.82) is 0 Å². The second-order valence-corrected chi connectivity index (χ2v) is 6.99. The minimum atomic E-state index is -0.937. The van der Waals surface area contributed by atoms with Gasteiger partial charge in [0, 0.05) is 45.2 Å². The van der Waals surface area contributed by atoms with Gasteiger partial charge >= 0.3 is 0 Å². The Labute approximate surface area is 168 Å². The van der Waals surface area contributed by atoms with E-state index in [1.807, 2.05) is 24.3 Å². The van der Waals surface area contributed by atoms with Crippen LogP contribution in [0, 0.1) is 11.6 Å². The minimum Gasteiger partial charge on any atom is -0.367 e. The lowest BCUT2D eigenvalue weighted by molar-refractivity contribution is -0.116. The molecular formula is C21H24F2N4O2. The lowest BCUT2D eigenvalue weighted by atomic mass is 10.2. The van der Waals surface area contributed by atoms with Crippen molar-refractivity contribution in [3.8, 4) is 0 Å². The van der Waals surface area contributed by atoms with E-state index in [0.717, 1.165) is 49.7 Å². The average Bonchev–Trinajstić information content (AvgIpc) is 2.69. The molecule has 2 aromatic carbocycles.